The number of carbonyl (C=O) groups is 1. The number of ether oxygens (including phenoxy) is 2. The van der Waals surface area contributed by atoms with Crippen molar-refractivity contribution in [3.63, 3.8) is 0 Å². The second-order valence-corrected chi connectivity index (χ2v) is 4.36. The molecule has 0 unspecified atom stereocenters. The predicted octanol–water partition coefficient (Wildman–Crippen LogP) is 0.0684. The van der Waals surface area contributed by atoms with Crippen molar-refractivity contribution in [1.29, 1.82) is 0 Å². The van der Waals surface area contributed by atoms with E-state index in [-0.39, 0.29) is 12.3 Å². The number of hydrogen-bond acceptors (Lipinski definition) is 5. The molecule has 1 N–H and O–H groups in total. The van der Waals surface area contributed by atoms with E-state index in [1.807, 2.05) is 0 Å². The van der Waals surface area contributed by atoms with Crippen LogP contribution in [0.5, 0.6) is 5.75 Å². The SMILES string of the molecule is CCOC(=O)c1c(=O)n(/N=C/c2ccc(OC)cc2)[nH][n+]1C. The van der Waals surface area contributed by atoms with Crippen LogP contribution in [0.15, 0.2) is 34.2 Å². The van der Waals surface area contributed by atoms with E-state index in [9.17, 15) is 9.59 Å². The van der Waals surface area contributed by atoms with Gasteiger partial charge in [0.15, 0.2) is 0 Å². The first-order valence-corrected chi connectivity index (χ1v) is 6.63. The monoisotopic (exact) mass is 305 g/mol. The first-order valence-electron chi connectivity index (χ1n) is 6.63. The molecule has 8 heteroatoms. The molecule has 116 valence electrons. The molecule has 0 aliphatic carbocycles. The Morgan fingerprint density at radius 2 is 2.09 bits per heavy atom. The van der Waals surface area contributed by atoms with Gasteiger partial charge in [-0.3, -0.25) is 0 Å². The number of aromatic nitrogens is 3. The van der Waals surface area contributed by atoms with Gasteiger partial charge in [0.25, 0.3) is 0 Å². The molecule has 8 nitrogen and oxygen atoms in total. The van der Waals surface area contributed by atoms with Crippen molar-refractivity contribution in [3.8, 4) is 5.75 Å². The fourth-order valence-corrected chi connectivity index (χ4v) is 1.80. The first kappa shape index (κ1) is 15.5. The zero-order valence-electron chi connectivity index (χ0n) is 12.6. The van der Waals surface area contributed by atoms with Gasteiger partial charge < -0.3 is 9.47 Å². The lowest BCUT2D eigenvalue weighted by molar-refractivity contribution is -0.734. The Hall–Kier alpha value is -2.90. The van der Waals surface area contributed by atoms with E-state index in [4.69, 9.17) is 9.47 Å². The molecular formula is C14H17N4O4+. The molecule has 0 aliphatic heterocycles. The van der Waals surface area contributed by atoms with E-state index in [1.54, 1.807) is 38.3 Å². The molecule has 0 aliphatic rings. The standard InChI is InChI=1S/C14H16N4O4/c1-4-22-14(20)12-13(19)18(16-17(12)2)15-9-10-5-7-11(21-3)8-6-10/h5-9H,4H2,1-3H3/p+1/b15-9+. The average Bonchev–Trinajstić information content (AvgIpc) is 2.80. The van der Waals surface area contributed by atoms with E-state index in [1.165, 1.54) is 17.9 Å². The van der Waals surface area contributed by atoms with Crippen molar-refractivity contribution in [2.75, 3.05) is 13.7 Å². The normalized spacial score (nSPS) is 10.9. The van der Waals surface area contributed by atoms with Crippen molar-refractivity contribution in [2.45, 2.75) is 6.92 Å². The minimum absolute atomic E-state index is 0.117. The Bertz CT molecular complexity index is 743. The molecule has 2 aromatic rings. The van der Waals surface area contributed by atoms with Crippen LogP contribution >= 0.6 is 0 Å². The number of nitrogens with one attached hydrogen (secondary N) is 1. The van der Waals surface area contributed by atoms with E-state index in [0.29, 0.717) is 0 Å². The largest absolute Gasteiger partial charge is 0.497 e. The molecule has 0 fully saturated rings. The van der Waals surface area contributed by atoms with Gasteiger partial charge in [-0.05, 0) is 36.8 Å². The summed E-state index contributed by atoms with van der Waals surface area (Å²) in [5, 5.41) is 6.65. The summed E-state index contributed by atoms with van der Waals surface area (Å²) < 4.78 is 11.2. The van der Waals surface area contributed by atoms with Crippen molar-refractivity contribution in [1.82, 2.24) is 10.0 Å². The molecule has 1 aromatic heterocycles. The van der Waals surface area contributed by atoms with Gasteiger partial charge in [-0.1, -0.05) is 10.3 Å². The number of methoxy groups -OCH3 is 1. The molecule has 0 atom stereocenters. The molecule has 0 saturated heterocycles. The van der Waals surface area contributed by atoms with Gasteiger partial charge in [0, 0.05) is 4.79 Å². The third-order valence-electron chi connectivity index (χ3n) is 2.88. The summed E-state index contributed by atoms with van der Waals surface area (Å²) in [5.41, 5.74) is 0.0853. The summed E-state index contributed by atoms with van der Waals surface area (Å²) in [4.78, 5) is 24.8. The van der Waals surface area contributed by atoms with Crippen LogP contribution in [-0.4, -0.2) is 35.9 Å². The maximum atomic E-state index is 12.1. The van der Waals surface area contributed by atoms with Crippen LogP contribution in [0.3, 0.4) is 0 Å². The number of benzene rings is 1. The highest BCUT2D eigenvalue weighted by atomic mass is 16.5. The van der Waals surface area contributed by atoms with Crippen LogP contribution in [-0.2, 0) is 11.8 Å². The molecule has 0 radical (unpaired) electrons. The van der Waals surface area contributed by atoms with Crippen LogP contribution in [0.1, 0.15) is 23.0 Å². The van der Waals surface area contributed by atoms with Crippen LogP contribution in [0.25, 0.3) is 0 Å². The topological polar surface area (TPSA) is 89.6 Å². The lowest BCUT2D eigenvalue weighted by atomic mass is 10.2. The van der Waals surface area contributed by atoms with Crippen LogP contribution < -0.4 is 15.0 Å². The third-order valence-corrected chi connectivity index (χ3v) is 2.88. The molecule has 0 saturated carbocycles. The Labute approximate surface area is 126 Å². The lowest BCUT2D eigenvalue weighted by Crippen LogP contribution is -2.39. The molecule has 0 bridgehead atoms. The molecule has 0 amide bonds. The summed E-state index contributed by atoms with van der Waals surface area (Å²) in [6, 6.07) is 7.15. The van der Waals surface area contributed by atoms with Crippen LogP contribution in [0, 0.1) is 0 Å². The molecule has 1 heterocycles. The van der Waals surface area contributed by atoms with Gasteiger partial charge in [-0.15, -0.1) is 4.68 Å². The van der Waals surface area contributed by atoms with Crippen molar-refractivity contribution in [2.24, 2.45) is 12.1 Å². The van der Waals surface area contributed by atoms with Gasteiger partial charge >= 0.3 is 17.2 Å². The zero-order valence-corrected chi connectivity index (χ0v) is 12.6. The Morgan fingerprint density at radius 1 is 1.41 bits per heavy atom. The maximum Gasteiger partial charge on any atom is 0.434 e. The summed E-state index contributed by atoms with van der Waals surface area (Å²) in [6.45, 7) is 1.86. The summed E-state index contributed by atoms with van der Waals surface area (Å²) in [6.07, 6.45) is 1.49. The first-order chi connectivity index (χ1) is 10.6. The average molecular weight is 305 g/mol. The number of carbonyl (C=O) groups excluding carboxylic acids is 1. The van der Waals surface area contributed by atoms with Gasteiger partial charge in [0.1, 0.15) is 12.8 Å². The highest BCUT2D eigenvalue weighted by molar-refractivity contribution is 5.85. The van der Waals surface area contributed by atoms with E-state index < -0.39 is 11.5 Å². The predicted molar refractivity (Wildman–Crippen MR) is 78.2 cm³/mol. The summed E-state index contributed by atoms with van der Waals surface area (Å²) >= 11 is 0. The molecule has 1 aromatic carbocycles. The van der Waals surface area contributed by atoms with Gasteiger partial charge in [-0.2, -0.15) is 0 Å². The highest BCUT2D eigenvalue weighted by Crippen LogP contribution is 2.09. The molecule has 22 heavy (non-hydrogen) atoms. The summed E-state index contributed by atoms with van der Waals surface area (Å²) in [5.74, 6) is 0.0369. The lowest BCUT2D eigenvalue weighted by Gasteiger charge is -1.97. The Kier molecular flexibility index (Phi) is 4.72. The second-order valence-electron chi connectivity index (χ2n) is 4.36. The number of esters is 1. The quantitative estimate of drug-likeness (QED) is 0.481. The van der Waals surface area contributed by atoms with E-state index in [0.717, 1.165) is 16.1 Å². The minimum atomic E-state index is -0.690. The maximum absolute atomic E-state index is 12.1. The number of nitrogens with zero attached hydrogens (tertiary/aromatic N) is 3. The third kappa shape index (κ3) is 3.22. The molecular weight excluding hydrogens is 288 g/mol. The number of rotatable bonds is 5. The Balaban J connectivity index is 2.26. The smallest absolute Gasteiger partial charge is 0.434 e. The molecule has 0 spiro atoms. The second kappa shape index (κ2) is 6.70. The number of aryl methyl sites for hydroxylation is 1. The van der Waals surface area contributed by atoms with Gasteiger partial charge in [0.05, 0.1) is 19.9 Å². The van der Waals surface area contributed by atoms with Gasteiger partial charge in [0.2, 0.25) is 0 Å². The fourth-order valence-electron chi connectivity index (χ4n) is 1.80. The zero-order chi connectivity index (χ0) is 16.1. The fraction of sp³-hybridized carbons (Fsp3) is 0.286. The number of H-pyrrole nitrogens is 1. The van der Waals surface area contributed by atoms with Crippen molar-refractivity contribution >= 4 is 12.2 Å². The van der Waals surface area contributed by atoms with E-state index >= 15 is 0 Å². The van der Waals surface area contributed by atoms with Crippen LogP contribution in [0.2, 0.25) is 0 Å². The van der Waals surface area contributed by atoms with Crippen LogP contribution in [0.4, 0.5) is 0 Å². The Morgan fingerprint density at radius 3 is 2.68 bits per heavy atom. The summed E-state index contributed by atoms with van der Waals surface area (Å²) in [7, 11) is 3.12. The van der Waals surface area contributed by atoms with Crippen molar-refractivity contribution in [3.05, 3.63) is 45.9 Å². The minimum Gasteiger partial charge on any atom is -0.497 e. The number of aromatic amines is 1. The number of hydrogen-bond donors (Lipinski definition) is 1. The highest BCUT2D eigenvalue weighted by Gasteiger charge is 2.27. The van der Waals surface area contributed by atoms with Crippen molar-refractivity contribution < 1.29 is 19.0 Å². The van der Waals surface area contributed by atoms with Gasteiger partial charge in [-0.25, -0.2) is 9.59 Å². The van der Waals surface area contributed by atoms with E-state index in [2.05, 4.69) is 10.3 Å². The molecule has 2 rings (SSSR count).